The van der Waals surface area contributed by atoms with Gasteiger partial charge in [-0.3, -0.25) is 0 Å². The summed E-state index contributed by atoms with van der Waals surface area (Å²) in [5.41, 5.74) is 0. The molecule has 68 valence electrons. The van der Waals surface area contributed by atoms with E-state index in [0.717, 1.165) is 6.42 Å². The van der Waals surface area contributed by atoms with Crippen LogP contribution in [0.3, 0.4) is 0 Å². The lowest BCUT2D eigenvalue weighted by Crippen LogP contribution is -2.32. The fourth-order valence-corrected chi connectivity index (χ4v) is 1.23. The zero-order chi connectivity index (χ0) is 8.81. The van der Waals surface area contributed by atoms with Gasteiger partial charge in [0.05, 0.1) is 18.8 Å². The highest BCUT2D eigenvalue weighted by molar-refractivity contribution is 4.83. The maximum absolute atomic E-state index is 9.26. The molecule has 1 N–H and O–H groups in total. The molecule has 12 heavy (non-hydrogen) atoms. The summed E-state index contributed by atoms with van der Waals surface area (Å²) in [7, 11) is 0. The molecule has 0 spiro atoms. The average Bonchev–Trinajstić information content (AvgIpc) is 2.05. The zero-order valence-electron chi connectivity index (χ0n) is 7.03. The quantitative estimate of drug-likeness (QED) is 0.485. The van der Waals surface area contributed by atoms with Crippen LogP contribution in [0.5, 0.6) is 0 Å². The van der Waals surface area contributed by atoms with Crippen LogP contribution in [0.1, 0.15) is 12.8 Å². The van der Waals surface area contributed by atoms with Crippen LogP contribution in [0.25, 0.3) is 0 Å². The molecule has 0 saturated carbocycles. The third-order valence-electron chi connectivity index (χ3n) is 1.83. The first-order valence-corrected chi connectivity index (χ1v) is 4.14. The fourth-order valence-electron chi connectivity index (χ4n) is 1.23. The van der Waals surface area contributed by atoms with Crippen LogP contribution >= 0.6 is 0 Å². The lowest BCUT2D eigenvalue weighted by Gasteiger charge is -2.25. The Balaban J connectivity index is 2.11. The SMILES string of the molecule is C#CCOC[C@@H]1C[C@H](O)CCO1. The van der Waals surface area contributed by atoms with Gasteiger partial charge in [-0.1, -0.05) is 5.92 Å². The van der Waals surface area contributed by atoms with Crippen LogP contribution in [0, 0.1) is 12.3 Å². The number of aliphatic hydroxyl groups is 1. The van der Waals surface area contributed by atoms with Crippen molar-refractivity contribution >= 4 is 0 Å². The van der Waals surface area contributed by atoms with Gasteiger partial charge in [0.15, 0.2) is 0 Å². The van der Waals surface area contributed by atoms with Crippen molar-refractivity contribution in [2.24, 2.45) is 0 Å². The molecule has 1 aliphatic rings. The van der Waals surface area contributed by atoms with E-state index in [1.54, 1.807) is 0 Å². The summed E-state index contributed by atoms with van der Waals surface area (Å²) < 4.78 is 10.4. The minimum absolute atomic E-state index is 0.0158. The summed E-state index contributed by atoms with van der Waals surface area (Å²) in [5, 5.41) is 9.26. The summed E-state index contributed by atoms with van der Waals surface area (Å²) in [6.45, 7) is 1.42. The normalized spacial score (nSPS) is 29.7. The van der Waals surface area contributed by atoms with E-state index in [-0.39, 0.29) is 12.2 Å². The Hall–Kier alpha value is -0.560. The van der Waals surface area contributed by atoms with Gasteiger partial charge in [0, 0.05) is 13.0 Å². The van der Waals surface area contributed by atoms with Crippen molar-refractivity contribution in [1.82, 2.24) is 0 Å². The lowest BCUT2D eigenvalue weighted by atomic mass is 10.1. The zero-order valence-corrected chi connectivity index (χ0v) is 7.03. The molecule has 0 bridgehead atoms. The minimum atomic E-state index is -0.238. The van der Waals surface area contributed by atoms with Gasteiger partial charge < -0.3 is 14.6 Å². The first-order valence-electron chi connectivity index (χ1n) is 4.14. The van der Waals surface area contributed by atoms with Crippen LogP contribution in [0.2, 0.25) is 0 Å². The number of terminal acetylenes is 1. The third-order valence-corrected chi connectivity index (χ3v) is 1.83. The molecular weight excluding hydrogens is 156 g/mol. The molecule has 1 heterocycles. The molecular formula is C9H14O3. The minimum Gasteiger partial charge on any atom is -0.393 e. The first-order chi connectivity index (χ1) is 5.83. The molecule has 0 unspecified atom stereocenters. The molecule has 1 rings (SSSR count). The summed E-state index contributed by atoms with van der Waals surface area (Å²) in [5.74, 6) is 2.38. The Labute approximate surface area is 72.7 Å². The molecule has 3 heteroatoms. The molecule has 0 aromatic rings. The van der Waals surface area contributed by atoms with Crippen molar-refractivity contribution in [3.05, 3.63) is 0 Å². The second-order valence-electron chi connectivity index (χ2n) is 2.89. The molecule has 0 radical (unpaired) electrons. The molecule has 0 aromatic carbocycles. The maximum atomic E-state index is 9.26. The van der Waals surface area contributed by atoms with Crippen LogP contribution in [0.4, 0.5) is 0 Å². The molecule has 3 nitrogen and oxygen atoms in total. The molecule has 2 atom stereocenters. The van der Waals surface area contributed by atoms with Crippen molar-refractivity contribution < 1.29 is 14.6 Å². The fraction of sp³-hybridized carbons (Fsp3) is 0.778. The summed E-state index contributed by atoms with van der Waals surface area (Å²) in [6, 6.07) is 0. The second-order valence-corrected chi connectivity index (χ2v) is 2.89. The van der Waals surface area contributed by atoms with E-state index in [2.05, 4.69) is 5.92 Å². The highest BCUT2D eigenvalue weighted by atomic mass is 16.5. The molecule has 0 amide bonds. The van der Waals surface area contributed by atoms with Crippen LogP contribution < -0.4 is 0 Å². The largest absolute Gasteiger partial charge is 0.393 e. The second kappa shape index (κ2) is 5.15. The topological polar surface area (TPSA) is 38.7 Å². The van der Waals surface area contributed by atoms with Crippen molar-refractivity contribution in [3.63, 3.8) is 0 Å². The van der Waals surface area contributed by atoms with Crippen LogP contribution in [-0.4, -0.2) is 37.1 Å². The molecule has 0 aliphatic carbocycles. The van der Waals surface area contributed by atoms with Gasteiger partial charge in [-0.25, -0.2) is 0 Å². The van der Waals surface area contributed by atoms with Crippen molar-refractivity contribution in [2.75, 3.05) is 19.8 Å². The average molecular weight is 170 g/mol. The van der Waals surface area contributed by atoms with Crippen LogP contribution in [0.15, 0.2) is 0 Å². The number of hydrogen-bond donors (Lipinski definition) is 1. The van der Waals surface area contributed by atoms with E-state index < -0.39 is 0 Å². The van der Waals surface area contributed by atoms with E-state index in [1.807, 2.05) is 0 Å². The van der Waals surface area contributed by atoms with Crippen LogP contribution in [-0.2, 0) is 9.47 Å². The van der Waals surface area contributed by atoms with E-state index in [4.69, 9.17) is 15.9 Å². The molecule has 1 saturated heterocycles. The predicted molar refractivity (Wildman–Crippen MR) is 44.6 cm³/mol. The van der Waals surface area contributed by atoms with Crippen molar-refractivity contribution in [2.45, 2.75) is 25.0 Å². The maximum Gasteiger partial charge on any atom is 0.107 e. The van der Waals surface area contributed by atoms with E-state index in [1.165, 1.54) is 0 Å². The molecule has 1 fully saturated rings. The lowest BCUT2D eigenvalue weighted by molar-refractivity contribution is -0.0747. The monoisotopic (exact) mass is 170 g/mol. The summed E-state index contributed by atoms with van der Waals surface area (Å²) in [4.78, 5) is 0. The van der Waals surface area contributed by atoms with Gasteiger partial charge in [-0.05, 0) is 6.42 Å². The number of aliphatic hydroxyl groups excluding tert-OH is 1. The smallest absolute Gasteiger partial charge is 0.107 e. The Morgan fingerprint density at radius 2 is 2.50 bits per heavy atom. The number of rotatable bonds is 3. The van der Waals surface area contributed by atoms with Gasteiger partial charge in [0.2, 0.25) is 0 Å². The highest BCUT2D eigenvalue weighted by Crippen LogP contribution is 2.13. The Bertz CT molecular complexity index is 162. The summed E-state index contributed by atoms with van der Waals surface area (Å²) >= 11 is 0. The Morgan fingerprint density at radius 3 is 3.17 bits per heavy atom. The highest BCUT2D eigenvalue weighted by Gasteiger charge is 2.20. The van der Waals surface area contributed by atoms with Gasteiger partial charge in [-0.15, -0.1) is 6.42 Å². The van der Waals surface area contributed by atoms with E-state index >= 15 is 0 Å². The molecule has 0 aromatic heterocycles. The Kier molecular flexibility index (Phi) is 4.09. The van der Waals surface area contributed by atoms with Gasteiger partial charge in [-0.2, -0.15) is 0 Å². The number of hydrogen-bond acceptors (Lipinski definition) is 3. The van der Waals surface area contributed by atoms with Gasteiger partial charge >= 0.3 is 0 Å². The van der Waals surface area contributed by atoms with Crippen molar-refractivity contribution in [1.29, 1.82) is 0 Å². The van der Waals surface area contributed by atoms with E-state index in [0.29, 0.717) is 26.2 Å². The standard InChI is InChI=1S/C9H14O3/c1-2-4-11-7-9-6-8(10)3-5-12-9/h1,8-10H,3-7H2/t8-,9+/m1/s1. The number of ether oxygens (including phenoxy) is 2. The first kappa shape index (κ1) is 9.53. The summed E-state index contributed by atoms with van der Waals surface area (Å²) in [6.07, 6.45) is 6.17. The third kappa shape index (κ3) is 3.22. The predicted octanol–water partition coefficient (Wildman–Crippen LogP) is 0.176. The van der Waals surface area contributed by atoms with Gasteiger partial charge in [0.1, 0.15) is 6.61 Å². The van der Waals surface area contributed by atoms with Crippen molar-refractivity contribution in [3.8, 4) is 12.3 Å². The Morgan fingerprint density at radius 1 is 1.67 bits per heavy atom. The van der Waals surface area contributed by atoms with Gasteiger partial charge in [0.25, 0.3) is 0 Å². The molecule has 1 aliphatic heterocycles. The van der Waals surface area contributed by atoms with E-state index in [9.17, 15) is 5.11 Å².